The van der Waals surface area contributed by atoms with Gasteiger partial charge >= 0.3 is 0 Å². The lowest BCUT2D eigenvalue weighted by molar-refractivity contribution is 0.0949. The van der Waals surface area contributed by atoms with Crippen LogP contribution in [-0.4, -0.2) is 56.0 Å². The maximum absolute atomic E-state index is 12.8. The van der Waals surface area contributed by atoms with Gasteiger partial charge < -0.3 is 20.3 Å². The lowest BCUT2D eigenvalue weighted by atomic mass is 10.0. The van der Waals surface area contributed by atoms with Crippen LogP contribution in [0.5, 0.6) is 0 Å². The molecule has 2 aromatic heterocycles. The number of aromatic nitrogens is 4. The van der Waals surface area contributed by atoms with Crippen molar-refractivity contribution in [2.24, 2.45) is 0 Å². The van der Waals surface area contributed by atoms with Gasteiger partial charge in [0.2, 0.25) is 0 Å². The van der Waals surface area contributed by atoms with Crippen LogP contribution in [0.25, 0.3) is 11.0 Å². The first kappa shape index (κ1) is 20.7. The van der Waals surface area contributed by atoms with E-state index >= 15 is 0 Å². The van der Waals surface area contributed by atoms with Crippen LogP contribution >= 0.6 is 0 Å². The van der Waals surface area contributed by atoms with E-state index in [1.165, 1.54) is 10.7 Å². The molecule has 3 aromatic rings. The molecule has 1 saturated carbocycles. The third-order valence-corrected chi connectivity index (χ3v) is 6.67. The topological polar surface area (TPSA) is 116 Å². The second-order valence-corrected chi connectivity index (χ2v) is 8.73. The van der Waals surface area contributed by atoms with E-state index in [1.807, 2.05) is 6.07 Å². The number of benzene rings is 1. The van der Waals surface area contributed by atoms with E-state index in [0.29, 0.717) is 18.5 Å². The third kappa shape index (κ3) is 4.00. The molecule has 0 radical (unpaired) electrons. The second kappa shape index (κ2) is 8.74. The molecular formula is C23H28N6O3. The Morgan fingerprint density at radius 2 is 2.06 bits per heavy atom. The third-order valence-electron chi connectivity index (χ3n) is 6.67. The standard InChI is InChI=1S/C23H28N6O3/c30-20-6-3-5-19(20)29-22(31)10-9-21(27-29)28-11-2-1-4-16(28)13-24-23(32)15-7-8-17-18(12-15)26-14-25-17/h7-10,12,14,16,19-20,30H,1-6,11,13H2,(H,24,32)(H,25,26). The molecule has 9 heteroatoms. The molecular weight excluding hydrogens is 408 g/mol. The Kier molecular flexibility index (Phi) is 5.65. The molecule has 9 nitrogen and oxygen atoms in total. The van der Waals surface area contributed by atoms with Crippen molar-refractivity contribution in [1.29, 1.82) is 0 Å². The zero-order valence-electron chi connectivity index (χ0n) is 17.9. The quantitative estimate of drug-likeness (QED) is 0.563. The minimum Gasteiger partial charge on any atom is -0.391 e. The number of piperidine rings is 1. The molecule has 0 bridgehead atoms. The van der Waals surface area contributed by atoms with Crippen molar-refractivity contribution in [3.05, 3.63) is 52.6 Å². The predicted molar refractivity (Wildman–Crippen MR) is 121 cm³/mol. The molecule has 1 saturated heterocycles. The highest BCUT2D eigenvalue weighted by Gasteiger charge is 2.30. The molecule has 3 N–H and O–H groups in total. The Hall–Kier alpha value is -3.20. The van der Waals surface area contributed by atoms with Gasteiger partial charge in [-0.15, -0.1) is 0 Å². The van der Waals surface area contributed by atoms with Crippen molar-refractivity contribution in [1.82, 2.24) is 25.1 Å². The van der Waals surface area contributed by atoms with Gasteiger partial charge in [0.25, 0.3) is 11.5 Å². The fraction of sp³-hybridized carbons (Fsp3) is 0.478. The fourth-order valence-corrected chi connectivity index (χ4v) is 4.92. The molecule has 1 aromatic carbocycles. The summed E-state index contributed by atoms with van der Waals surface area (Å²) in [7, 11) is 0. The summed E-state index contributed by atoms with van der Waals surface area (Å²) in [5.74, 6) is 0.598. The van der Waals surface area contributed by atoms with Crippen molar-refractivity contribution in [2.45, 2.75) is 56.7 Å². The molecule has 3 unspecified atom stereocenters. The van der Waals surface area contributed by atoms with E-state index in [0.717, 1.165) is 55.5 Å². The zero-order valence-corrected chi connectivity index (χ0v) is 17.9. The molecule has 2 fully saturated rings. The summed E-state index contributed by atoms with van der Waals surface area (Å²) < 4.78 is 1.46. The van der Waals surface area contributed by atoms with Gasteiger partial charge in [-0.1, -0.05) is 0 Å². The normalized spacial score (nSPS) is 23.5. The van der Waals surface area contributed by atoms with E-state index in [9.17, 15) is 14.7 Å². The molecule has 32 heavy (non-hydrogen) atoms. The van der Waals surface area contributed by atoms with Gasteiger partial charge in [-0.25, -0.2) is 9.67 Å². The number of carbonyl (C=O) groups excluding carboxylic acids is 1. The number of anilines is 1. The average molecular weight is 437 g/mol. The Labute approximate surface area is 185 Å². The average Bonchev–Trinajstić information content (AvgIpc) is 3.46. The highest BCUT2D eigenvalue weighted by atomic mass is 16.3. The lowest BCUT2D eigenvalue weighted by Gasteiger charge is -2.37. The van der Waals surface area contributed by atoms with E-state index in [2.05, 4.69) is 25.3 Å². The number of nitrogens with one attached hydrogen (secondary N) is 2. The Balaban J connectivity index is 1.32. The first-order valence-electron chi connectivity index (χ1n) is 11.4. The van der Waals surface area contributed by atoms with Gasteiger partial charge in [0.05, 0.1) is 29.5 Å². The summed E-state index contributed by atoms with van der Waals surface area (Å²) in [5, 5.41) is 18.0. The van der Waals surface area contributed by atoms with Crippen LogP contribution in [-0.2, 0) is 0 Å². The number of fused-ring (bicyclic) bond motifs is 1. The van der Waals surface area contributed by atoms with Crippen molar-refractivity contribution >= 4 is 22.8 Å². The van der Waals surface area contributed by atoms with Gasteiger partial charge in [-0.05, 0) is 62.8 Å². The number of aromatic amines is 1. The number of hydrogen-bond donors (Lipinski definition) is 3. The summed E-state index contributed by atoms with van der Waals surface area (Å²) in [6, 6.07) is 8.54. The van der Waals surface area contributed by atoms with Crippen LogP contribution in [0.1, 0.15) is 54.9 Å². The van der Waals surface area contributed by atoms with Crippen molar-refractivity contribution in [3.8, 4) is 0 Å². The minimum absolute atomic E-state index is 0.0931. The number of amides is 1. The first-order valence-corrected chi connectivity index (χ1v) is 11.4. The number of aliphatic hydroxyl groups excluding tert-OH is 1. The monoisotopic (exact) mass is 436 g/mol. The first-order chi connectivity index (χ1) is 15.6. The molecule has 168 valence electrons. The largest absolute Gasteiger partial charge is 0.391 e. The Morgan fingerprint density at radius 3 is 2.91 bits per heavy atom. The number of imidazole rings is 1. The highest BCUT2D eigenvalue weighted by molar-refractivity contribution is 5.97. The summed E-state index contributed by atoms with van der Waals surface area (Å²) in [6.07, 6.45) is 6.50. The summed E-state index contributed by atoms with van der Waals surface area (Å²) in [4.78, 5) is 34.6. The number of carbonyl (C=O) groups is 1. The van der Waals surface area contributed by atoms with Crippen LogP contribution in [0.3, 0.4) is 0 Å². The van der Waals surface area contributed by atoms with Gasteiger partial charge in [-0.3, -0.25) is 9.59 Å². The smallest absolute Gasteiger partial charge is 0.267 e. The maximum Gasteiger partial charge on any atom is 0.267 e. The summed E-state index contributed by atoms with van der Waals surface area (Å²) in [5.41, 5.74) is 2.06. The van der Waals surface area contributed by atoms with Crippen LogP contribution in [0.15, 0.2) is 41.5 Å². The zero-order chi connectivity index (χ0) is 22.1. The van der Waals surface area contributed by atoms with Gasteiger partial charge in [0.1, 0.15) is 5.82 Å². The predicted octanol–water partition coefficient (Wildman–Crippen LogP) is 1.99. The SMILES string of the molecule is O=C(NCC1CCCCN1c1ccc(=O)n(C2CCCC2O)n1)c1ccc2nc[nH]c2c1. The van der Waals surface area contributed by atoms with E-state index in [-0.39, 0.29) is 23.6 Å². The van der Waals surface area contributed by atoms with E-state index < -0.39 is 6.10 Å². The Morgan fingerprint density at radius 1 is 1.16 bits per heavy atom. The molecule has 3 heterocycles. The van der Waals surface area contributed by atoms with Gasteiger partial charge in [0.15, 0.2) is 0 Å². The molecule has 0 spiro atoms. The van der Waals surface area contributed by atoms with Gasteiger partial charge in [0, 0.05) is 30.8 Å². The highest BCUT2D eigenvalue weighted by Crippen LogP contribution is 2.29. The molecule has 1 aliphatic carbocycles. The van der Waals surface area contributed by atoms with Crippen molar-refractivity contribution < 1.29 is 9.90 Å². The number of aliphatic hydroxyl groups is 1. The summed E-state index contributed by atoms with van der Waals surface area (Å²) in [6.45, 7) is 1.31. The number of rotatable bonds is 5. The molecule has 3 atom stereocenters. The molecule has 2 aliphatic rings. The van der Waals surface area contributed by atoms with E-state index in [4.69, 9.17) is 0 Å². The van der Waals surface area contributed by atoms with E-state index in [1.54, 1.807) is 24.5 Å². The fourth-order valence-electron chi connectivity index (χ4n) is 4.92. The summed E-state index contributed by atoms with van der Waals surface area (Å²) >= 11 is 0. The van der Waals surface area contributed by atoms with Gasteiger partial charge in [-0.2, -0.15) is 5.10 Å². The maximum atomic E-state index is 12.8. The van der Waals surface area contributed by atoms with Crippen LogP contribution in [0.2, 0.25) is 0 Å². The number of nitrogens with zero attached hydrogens (tertiary/aromatic N) is 4. The second-order valence-electron chi connectivity index (χ2n) is 8.73. The molecule has 1 amide bonds. The molecule has 1 aliphatic heterocycles. The minimum atomic E-state index is -0.529. The number of H-pyrrole nitrogens is 1. The van der Waals surface area contributed by atoms with Crippen molar-refractivity contribution in [2.75, 3.05) is 18.0 Å². The number of hydrogen-bond acceptors (Lipinski definition) is 6. The lowest BCUT2D eigenvalue weighted by Crippen LogP contribution is -2.48. The van der Waals surface area contributed by atoms with Crippen LogP contribution in [0, 0.1) is 0 Å². The van der Waals surface area contributed by atoms with Crippen LogP contribution in [0.4, 0.5) is 5.82 Å². The van der Waals surface area contributed by atoms with Crippen molar-refractivity contribution in [3.63, 3.8) is 0 Å². The van der Waals surface area contributed by atoms with Crippen LogP contribution < -0.4 is 15.8 Å². The Bertz CT molecular complexity index is 1170. The molecule has 5 rings (SSSR count).